The van der Waals surface area contributed by atoms with Crippen LogP contribution in [-0.4, -0.2) is 45.8 Å². The average molecular weight is 438 g/mol. The highest BCUT2D eigenvalue weighted by Gasteiger charge is 2.20. The van der Waals surface area contributed by atoms with Crippen molar-refractivity contribution in [2.45, 2.75) is 39.9 Å². The molecular weight excluding hydrogens is 409 g/mol. The smallest absolute Gasteiger partial charge is 0.251 e. The highest BCUT2D eigenvalue weighted by molar-refractivity contribution is 5.94. The van der Waals surface area contributed by atoms with Crippen LogP contribution in [0.25, 0.3) is 0 Å². The molecule has 168 valence electrons. The number of benzene rings is 2. The Kier molecular flexibility index (Phi) is 6.50. The molecule has 8 heteroatoms. The number of ether oxygens (including phenoxy) is 1. The standard InChI is InChI=1S/C24H28FN5O2/c1-16-12-21(32-3)17(2)11-19(16)15-29-8-7-22-27-28-23(30(22)10-9-29)14-26-24(31)18-5-4-6-20(25)13-18/h4-6,11-13H,7-10,14-15H2,1-3H3,(H,26,31). The Labute approximate surface area is 187 Å². The SMILES string of the molecule is COc1cc(C)c(CN2CCc3nnc(CNC(=O)c4cccc(F)c4)n3CC2)cc1C. The van der Waals surface area contributed by atoms with Gasteiger partial charge in [0.1, 0.15) is 17.4 Å². The van der Waals surface area contributed by atoms with Crippen LogP contribution >= 0.6 is 0 Å². The van der Waals surface area contributed by atoms with Gasteiger partial charge in [-0.15, -0.1) is 10.2 Å². The molecule has 0 spiro atoms. The van der Waals surface area contributed by atoms with E-state index < -0.39 is 5.82 Å². The second-order valence-corrected chi connectivity index (χ2v) is 8.15. The van der Waals surface area contributed by atoms with Crippen molar-refractivity contribution in [3.05, 3.63) is 76.1 Å². The molecule has 1 amide bonds. The molecule has 4 rings (SSSR count). The zero-order chi connectivity index (χ0) is 22.7. The Bertz CT molecular complexity index is 1130. The zero-order valence-electron chi connectivity index (χ0n) is 18.7. The topological polar surface area (TPSA) is 72.3 Å². The first-order chi connectivity index (χ1) is 15.4. The van der Waals surface area contributed by atoms with Gasteiger partial charge in [0.05, 0.1) is 13.7 Å². The monoisotopic (exact) mass is 437 g/mol. The lowest BCUT2D eigenvalue weighted by Crippen LogP contribution is -2.28. The summed E-state index contributed by atoms with van der Waals surface area (Å²) in [6.07, 6.45) is 0.791. The summed E-state index contributed by atoms with van der Waals surface area (Å²) in [6, 6.07) is 9.94. The number of carbonyl (C=O) groups is 1. The molecule has 0 fully saturated rings. The molecule has 1 aromatic heterocycles. The second-order valence-electron chi connectivity index (χ2n) is 8.15. The lowest BCUT2D eigenvalue weighted by molar-refractivity contribution is 0.0949. The number of nitrogens with one attached hydrogen (secondary N) is 1. The molecule has 0 saturated heterocycles. The van der Waals surface area contributed by atoms with E-state index >= 15 is 0 Å². The molecule has 0 radical (unpaired) electrons. The number of methoxy groups -OCH3 is 1. The van der Waals surface area contributed by atoms with Gasteiger partial charge in [0, 0.05) is 38.2 Å². The molecule has 7 nitrogen and oxygen atoms in total. The van der Waals surface area contributed by atoms with E-state index in [1.807, 2.05) is 0 Å². The second kappa shape index (κ2) is 9.48. The van der Waals surface area contributed by atoms with Crippen LogP contribution in [-0.2, 0) is 26.1 Å². The predicted molar refractivity (Wildman–Crippen MR) is 119 cm³/mol. The molecule has 0 aliphatic carbocycles. The van der Waals surface area contributed by atoms with Gasteiger partial charge in [-0.3, -0.25) is 9.69 Å². The van der Waals surface area contributed by atoms with Gasteiger partial charge in [0.25, 0.3) is 5.91 Å². The minimum atomic E-state index is -0.434. The molecule has 2 heterocycles. The first-order valence-electron chi connectivity index (χ1n) is 10.8. The number of halogens is 1. The third kappa shape index (κ3) is 4.80. The molecular formula is C24H28FN5O2. The Morgan fingerprint density at radius 3 is 2.75 bits per heavy atom. The Hall–Kier alpha value is -3.26. The number of carbonyl (C=O) groups excluding carboxylic acids is 1. The maximum absolute atomic E-state index is 13.4. The molecule has 0 atom stereocenters. The van der Waals surface area contributed by atoms with E-state index in [9.17, 15) is 9.18 Å². The molecule has 32 heavy (non-hydrogen) atoms. The summed E-state index contributed by atoms with van der Waals surface area (Å²) in [5, 5.41) is 11.4. The van der Waals surface area contributed by atoms with E-state index in [2.05, 4.69) is 51.0 Å². The summed E-state index contributed by atoms with van der Waals surface area (Å²) in [4.78, 5) is 14.8. The third-order valence-electron chi connectivity index (χ3n) is 5.94. The summed E-state index contributed by atoms with van der Waals surface area (Å²) < 4.78 is 20.9. The molecule has 0 unspecified atom stereocenters. The minimum Gasteiger partial charge on any atom is -0.496 e. The van der Waals surface area contributed by atoms with E-state index in [4.69, 9.17) is 4.74 Å². The number of aromatic nitrogens is 3. The van der Waals surface area contributed by atoms with Gasteiger partial charge >= 0.3 is 0 Å². The number of hydrogen-bond acceptors (Lipinski definition) is 5. The highest BCUT2D eigenvalue weighted by Crippen LogP contribution is 2.24. The summed E-state index contributed by atoms with van der Waals surface area (Å²) in [7, 11) is 1.70. The highest BCUT2D eigenvalue weighted by atomic mass is 19.1. The number of aryl methyl sites for hydroxylation is 2. The normalized spacial score (nSPS) is 14.0. The van der Waals surface area contributed by atoms with Crippen LogP contribution < -0.4 is 10.1 Å². The van der Waals surface area contributed by atoms with Gasteiger partial charge in [-0.05, 0) is 54.8 Å². The van der Waals surface area contributed by atoms with E-state index in [-0.39, 0.29) is 18.0 Å². The molecule has 3 aromatic rings. The maximum Gasteiger partial charge on any atom is 0.251 e. The van der Waals surface area contributed by atoms with Gasteiger partial charge in [0.2, 0.25) is 0 Å². The van der Waals surface area contributed by atoms with Gasteiger partial charge in [-0.1, -0.05) is 12.1 Å². The average Bonchev–Trinajstić information content (AvgIpc) is 3.06. The fourth-order valence-corrected chi connectivity index (χ4v) is 4.09. The van der Waals surface area contributed by atoms with Crippen LogP contribution in [0.1, 0.15) is 38.7 Å². The number of rotatable bonds is 6. The number of hydrogen-bond donors (Lipinski definition) is 1. The van der Waals surface area contributed by atoms with E-state index in [0.29, 0.717) is 5.82 Å². The Morgan fingerprint density at radius 1 is 1.12 bits per heavy atom. The number of fused-ring (bicyclic) bond motifs is 1. The van der Waals surface area contributed by atoms with Crippen molar-refractivity contribution in [3.8, 4) is 5.75 Å². The molecule has 2 aromatic carbocycles. The van der Waals surface area contributed by atoms with Gasteiger partial charge in [-0.25, -0.2) is 4.39 Å². The van der Waals surface area contributed by atoms with Crippen molar-refractivity contribution in [1.29, 1.82) is 0 Å². The largest absolute Gasteiger partial charge is 0.496 e. The Morgan fingerprint density at radius 2 is 1.97 bits per heavy atom. The molecule has 1 aliphatic rings. The van der Waals surface area contributed by atoms with Crippen LogP contribution in [0, 0.1) is 19.7 Å². The van der Waals surface area contributed by atoms with Crippen LogP contribution in [0.4, 0.5) is 4.39 Å². The van der Waals surface area contributed by atoms with Crippen molar-refractivity contribution in [2.24, 2.45) is 0 Å². The fourth-order valence-electron chi connectivity index (χ4n) is 4.09. The lowest BCUT2D eigenvalue weighted by atomic mass is 10.0. The quantitative estimate of drug-likeness (QED) is 0.642. The van der Waals surface area contributed by atoms with Gasteiger partial charge in [0.15, 0.2) is 5.82 Å². The molecule has 1 N–H and O–H groups in total. The summed E-state index contributed by atoms with van der Waals surface area (Å²) >= 11 is 0. The van der Waals surface area contributed by atoms with Crippen molar-refractivity contribution >= 4 is 5.91 Å². The number of amides is 1. The van der Waals surface area contributed by atoms with Crippen LogP contribution in [0.3, 0.4) is 0 Å². The molecule has 1 aliphatic heterocycles. The predicted octanol–water partition coefficient (Wildman–Crippen LogP) is 3.03. The van der Waals surface area contributed by atoms with Gasteiger partial charge < -0.3 is 14.6 Å². The van der Waals surface area contributed by atoms with Crippen molar-refractivity contribution in [1.82, 2.24) is 25.0 Å². The maximum atomic E-state index is 13.4. The zero-order valence-corrected chi connectivity index (χ0v) is 18.7. The molecule has 0 saturated carbocycles. The third-order valence-corrected chi connectivity index (χ3v) is 5.94. The summed E-state index contributed by atoms with van der Waals surface area (Å²) in [5.41, 5.74) is 3.94. The van der Waals surface area contributed by atoms with Crippen LogP contribution in [0.5, 0.6) is 5.75 Å². The molecule has 0 bridgehead atoms. The van der Waals surface area contributed by atoms with Crippen molar-refractivity contribution in [3.63, 3.8) is 0 Å². The van der Waals surface area contributed by atoms with Crippen LogP contribution in [0.15, 0.2) is 36.4 Å². The van der Waals surface area contributed by atoms with Crippen molar-refractivity contribution in [2.75, 3.05) is 20.2 Å². The van der Waals surface area contributed by atoms with E-state index in [0.717, 1.165) is 49.7 Å². The van der Waals surface area contributed by atoms with E-state index in [1.165, 1.54) is 29.3 Å². The van der Waals surface area contributed by atoms with E-state index in [1.54, 1.807) is 13.2 Å². The minimum absolute atomic E-state index is 0.249. The summed E-state index contributed by atoms with van der Waals surface area (Å²) in [5.74, 6) is 1.78. The summed E-state index contributed by atoms with van der Waals surface area (Å²) in [6.45, 7) is 7.79. The van der Waals surface area contributed by atoms with Gasteiger partial charge in [-0.2, -0.15) is 0 Å². The van der Waals surface area contributed by atoms with Crippen LogP contribution in [0.2, 0.25) is 0 Å². The van der Waals surface area contributed by atoms with Crippen molar-refractivity contribution < 1.29 is 13.9 Å². The number of nitrogens with zero attached hydrogens (tertiary/aromatic N) is 4. The first-order valence-corrected chi connectivity index (χ1v) is 10.8. The fraction of sp³-hybridized carbons (Fsp3) is 0.375. The lowest BCUT2D eigenvalue weighted by Gasteiger charge is -2.21. The first kappa shape index (κ1) is 22.0. The Balaban J connectivity index is 1.39.